The highest BCUT2D eigenvalue weighted by Crippen LogP contribution is 2.25. The lowest BCUT2D eigenvalue weighted by Crippen LogP contribution is -2.19. The van der Waals surface area contributed by atoms with Crippen molar-refractivity contribution < 1.29 is 14.9 Å². The normalized spacial score (nSPS) is 13.0. The summed E-state index contributed by atoms with van der Waals surface area (Å²) in [4.78, 5) is 0. The second kappa shape index (κ2) is 7.77. The first kappa shape index (κ1) is 16.3. The summed E-state index contributed by atoms with van der Waals surface area (Å²) in [7, 11) is 1.67. The molecule has 0 aliphatic rings. The van der Waals surface area contributed by atoms with Crippen LogP contribution in [0.5, 0.6) is 0 Å². The van der Waals surface area contributed by atoms with E-state index in [1.807, 2.05) is 29.0 Å². The van der Waals surface area contributed by atoms with Gasteiger partial charge in [-0.2, -0.15) is 0 Å². The lowest BCUT2D eigenvalue weighted by atomic mass is 10.2. The van der Waals surface area contributed by atoms with Crippen molar-refractivity contribution in [2.45, 2.75) is 19.2 Å². The molecule has 2 aromatic rings. The van der Waals surface area contributed by atoms with Crippen LogP contribution in [0.4, 0.5) is 0 Å². The fraction of sp³-hybridized carbons (Fsp3) is 0.467. The number of hydrogen-bond acceptors (Lipinski definition) is 4. The first-order chi connectivity index (χ1) is 10.2. The van der Waals surface area contributed by atoms with Gasteiger partial charge in [-0.25, -0.2) is 0 Å². The Kier molecular flexibility index (Phi) is 6.02. The van der Waals surface area contributed by atoms with Gasteiger partial charge in [-0.3, -0.25) is 0 Å². The summed E-state index contributed by atoms with van der Waals surface area (Å²) in [6, 6.07) is 5.71. The standard InChI is InChI=1S/C15H21ClN2O3/c1-21-5-4-17-7-11-8-18(9-13(20)10-19)15-6-12(16)2-3-14(11)15/h2-3,6,8,13,17,19-20H,4-5,7,9-10H2,1H3. The molecule has 1 unspecified atom stereocenters. The molecule has 0 spiro atoms. The summed E-state index contributed by atoms with van der Waals surface area (Å²) in [5, 5.41) is 23.7. The first-order valence-electron chi connectivity index (χ1n) is 6.91. The number of aliphatic hydroxyl groups is 2. The topological polar surface area (TPSA) is 66.7 Å². The van der Waals surface area contributed by atoms with E-state index in [4.69, 9.17) is 21.4 Å². The number of halogens is 1. The molecule has 0 fully saturated rings. The number of nitrogens with zero attached hydrogens (tertiary/aromatic N) is 1. The SMILES string of the molecule is COCCNCc1cn(CC(O)CO)c2cc(Cl)ccc12. The summed E-state index contributed by atoms with van der Waals surface area (Å²) in [5.41, 5.74) is 2.08. The van der Waals surface area contributed by atoms with Gasteiger partial charge in [-0.05, 0) is 17.7 Å². The van der Waals surface area contributed by atoms with Gasteiger partial charge in [0, 0.05) is 42.3 Å². The van der Waals surface area contributed by atoms with Crippen molar-refractivity contribution in [2.24, 2.45) is 0 Å². The summed E-state index contributed by atoms with van der Waals surface area (Å²) in [6.45, 7) is 2.22. The maximum Gasteiger partial charge on any atom is 0.0949 e. The smallest absolute Gasteiger partial charge is 0.0949 e. The lowest BCUT2D eigenvalue weighted by Gasteiger charge is -2.09. The molecule has 0 amide bonds. The van der Waals surface area contributed by atoms with Crippen LogP contribution in [-0.2, 0) is 17.8 Å². The maximum absolute atomic E-state index is 9.66. The number of aliphatic hydroxyl groups excluding tert-OH is 2. The van der Waals surface area contributed by atoms with Crippen LogP contribution in [-0.4, -0.2) is 47.8 Å². The molecular formula is C15H21ClN2O3. The van der Waals surface area contributed by atoms with Crippen molar-refractivity contribution in [3.05, 3.63) is 35.0 Å². The molecule has 21 heavy (non-hydrogen) atoms. The van der Waals surface area contributed by atoms with Gasteiger partial charge >= 0.3 is 0 Å². The van der Waals surface area contributed by atoms with Crippen molar-refractivity contribution in [1.29, 1.82) is 0 Å². The van der Waals surface area contributed by atoms with Crippen molar-refractivity contribution >= 4 is 22.5 Å². The maximum atomic E-state index is 9.66. The van der Waals surface area contributed by atoms with Crippen molar-refractivity contribution in [3.8, 4) is 0 Å². The Labute approximate surface area is 129 Å². The van der Waals surface area contributed by atoms with E-state index in [2.05, 4.69) is 5.32 Å². The van der Waals surface area contributed by atoms with E-state index in [0.717, 1.165) is 23.0 Å². The third-order valence-corrected chi connectivity index (χ3v) is 3.58. The quantitative estimate of drug-likeness (QED) is 0.644. The molecule has 1 heterocycles. The summed E-state index contributed by atoms with van der Waals surface area (Å²) in [6.07, 6.45) is 1.20. The van der Waals surface area contributed by atoms with Gasteiger partial charge in [0.15, 0.2) is 0 Å². The van der Waals surface area contributed by atoms with Crippen LogP contribution in [0.25, 0.3) is 10.9 Å². The zero-order chi connectivity index (χ0) is 15.2. The third-order valence-electron chi connectivity index (χ3n) is 3.34. The van der Waals surface area contributed by atoms with Crippen molar-refractivity contribution in [1.82, 2.24) is 9.88 Å². The molecule has 6 heteroatoms. The molecule has 0 saturated carbocycles. The van der Waals surface area contributed by atoms with Gasteiger partial charge in [0.1, 0.15) is 0 Å². The minimum absolute atomic E-state index is 0.262. The predicted octanol–water partition coefficient (Wildman–Crippen LogP) is 1.38. The molecule has 1 aromatic heterocycles. The minimum atomic E-state index is -0.783. The fourth-order valence-corrected chi connectivity index (χ4v) is 2.48. The van der Waals surface area contributed by atoms with E-state index < -0.39 is 6.10 Å². The van der Waals surface area contributed by atoms with Gasteiger partial charge in [0.05, 0.1) is 25.9 Å². The summed E-state index contributed by atoms with van der Waals surface area (Å²) < 4.78 is 6.94. The number of methoxy groups -OCH3 is 1. The van der Waals surface area contributed by atoms with Crippen LogP contribution in [0.2, 0.25) is 5.02 Å². The van der Waals surface area contributed by atoms with Gasteiger partial charge in [-0.15, -0.1) is 0 Å². The Bertz CT molecular complexity index is 586. The summed E-state index contributed by atoms with van der Waals surface area (Å²) >= 11 is 6.06. The van der Waals surface area contributed by atoms with Crippen LogP contribution >= 0.6 is 11.6 Å². The fourth-order valence-electron chi connectivity index (χ4n) is 2.32. The molecule has 2 rings (SSSR count). The van der Waals surface area contributed by atoms with E-state index in [1.54, 1.807) is 7.11 Å². The Morgan fingerprint density at radius 1 is 1.43 bits per heavy atom. The molecule has 0 bridgehead atoms. The highest BCUT2D eigenvalue weighted by Gasteiger charge is 2.11. The molecule has 0 aliphatic carbocycles. The minimum Gasteiger partial charge on any atom is -0.394 e. The average molecular weight is 313 g/mol. The zero-order valence-electron chi connectivity index (χ0n) is 12.1. The number of aromatic nitrogens is 1. The highest BCUT2D eigenvalue weighted by atomic mass is 35.5. The molecule has 116 valence electrons. The Hall–Kier alpha value is -1.11. The Balaban J connectivity index is 2.24. The lowest BCUT2D eigenvalue weighted by molar-refractivity contribution is 0.0822. The second-order valence-corrected chi connectivity index (χ2v) is 5.41. The number of fused-ring (bicyclic) bond motifs is 1. The molecular weight excluding hydrogens is 292 g/mol. The van der Waals surface area contributed by atoms with Crippen LogP contribution in [0.1, 0.15) is 5.56 Å². The van der Waals surface area contributed by atoms with Crippen molar-refractivity contribution in [3.63, 3.8) is 0 Å². The number of ether oxygens (including phenoxy) is 1. The molecule has 3 N–H and O–H groups in total. The number of benzene rings is 1. The molecule has 1 aromatic carbocycles. The van der Waals surface area contributed by atoms with E-state index in [0.29, 0.717) is 24.7 Å². The van der Waals surface area contributed by atoms with E-state index in [1.165, 1.54) is 0 Å². The monoisotopic (exact) mass is 312 g/mol. The zero-order valence-corrected chi connectivity index (χ0v) is 12.8. The van der Waals surface area contributed by atoms with Crippen LogP contribution in [0, 0.1) is 0 Å². The van der Waals surface area contributed by atoms with Gasteiger partial charge in [0.25, 0.3) is 0 Å². The summed E-state index contributed by atoms with van der Waals surface area (Å²) in [5.74, 6) is 0. The molecule has 0 radical (unpaired) electrons. The highest BCUT2D eigenvalue weighted by molar-refractivity contribution is 6.31. The largest absolute Gasteiger partial charge is 0.394 e. The third kappa shape index (κ3) is 4.18. The average Bonchev–Trinajstić information content (AvgIpc) is 2.81. The molecule has 5 nitrogen and oxygen atoms in total. The predicted molar refractivity (Wildman–Crippen MR) is 83.6 cm³/mol. The van der Waals surface area contributed by atoms with E-state index in [9.17, 15) is 5.11 Å². The molecule has 1 atom stereocenters. The molecule has 0 aliphatic heterocycles. The Morgan fingerprint density at radius 2 is 2.24 bits per heavy atom. The molecule has 0 saturated heterocycles. The van der Waals surface area contributed by atoms with Crippen LogP contribution in [0.3, 0.4) is 0 Å². The van der Waals surface area contributed by atoms with Crippen molar-refractivity contribution in [2.75, 3.05) is 26.9 Å². The van der Waals surface area contributed by atoms with Gasteiger partial charge < -0.3 is 24.8 Å². The number of hydrogen-bond donors (Lipinski definition) is 3. The van der Waals surface area contributed by atoms with Gasteiger partial charge in [0.2, 0.25) is 0 Å². The van der Waals surface area contributed by atoms with Gasteiger partial charge in [-0.1, -0.05) is 17.7 Å². The number of nitrogens with one attached hydrogen (secondary N) is 1. The van der Waals surface area contributed by atoms with Crippen LogP contribution < -0.4 is 5.32 Å². The Morgan fingerprint density at radius 3 is 2.95 bits per heavy atom. The first-order valence-corrected chi connectivity index (χ1v) is 7.29. The van der Waals surface area contributed by atoms with E-state index in [-0.39, 0.29) is 6.61 Å². The number of rotatable bonds is 8. The second-order valence-electron chi connectivity index (χ2n) is 4.97. The van der Waals surface area contributed by atoms with E-state index >= 15 is 0 Å². The van der Waals surface area contributed by atoms with Crippen LogP contribution in [0.15, 0.2) is 24.4 Å².